The van der Waals surface area contributed by atoms with E-state index in [1.807, 2.05) is 10.8 Å². The summed E-state index contributed by atoms with van der Waals surface area (Å²) in [4.78, 5) is 5.97. The zero-order valence-corrected chi connectivity index (χ0v) is 10.1. The van der Waals surface area contributed by atoms with Gasteiger partial charge in [-0.2, -0.15) is 0 Å². The monoisotopic (exact) mass is 268 g/mol. The fraction of sp³-hybridized carbons (Fsp3) is 0. The van der Waals surface area contributed by atoms with Crippen LogP contribution in [0.3, 0.4) is 0 Å². The number of nitrogens with one attached hydrogen (secondary N) is 2. The maximum absolute atomic E-state index is 5.64. The second-order valence-corrected chi connectivity index (χ2v) is 5.06. The second-order valence-electron chi connectivity index (χ2n) is 3.24. The Morgan fingerprint density at radius 3 is 1.76 bits per heavy atom. The van der Waals surface area contributed by atoms with Crippen LogP contribution in [0.15, 0.2) is 15.4 Å². The predicted molar refractivity (Wildman–Crippen MR) is 62.9 cm³/mol. The van der Waals surface area contributed by atoms with Crippen LogP contribution in [0.5, 0.6) is 0 Å². The molecule has 0 aliphatic rings. The Bertz CT molecular complexity index is 602. The van der Waals surface area contributed by atoms with Gasteiger partial charge in [0.05, 0.1) is 0 Å². The van der Waals surface area contributed by atoms with Crippen molar-refractivity contribution in [1.82, 2.24) is 10.3 Å². The number of hydrogen-bond donors (Lipinski definition) is 2. The quantitative estimate of drug-likeness (QED) is 0.693. The van der Waals surface area contributed by atoms with Crippen molar-refractivity contribution < 1.29 is 14.6 Å². The summed E-state index contributed by atoms with van der Waals surface area (Å²) in [5, 5.41) is 12.6. The largest absolute Gasteiger partial charge is 0.329 e. The van der Waals surface area contributed by atoms with Gasteiger partial charge < -0.3 is 0 Å². The van der Waals surface area contributed by atoms with E-state index in [-0.39, 0.29) is 0 Å². The molecule has 3 rings (SSSR count). The molecule has 0 saturated carbocycles. The van der Waals surface area contributed by atoms with Crippen molar-refractivity contribution in [3.8, 4) is 22.8 Å². The Kier molecular flexibility index (Phi) is 2.27. The molecule has 9 heteroatoms. The number of nitrogen functional groups attached to an aromatic ring is 2. The molecule has 3 aromatic rings. The van der Waals surface area contributed by atoms with Crippen molar-refractivity contribution in [3.63, 3.8) is 0 Å². The Morgan fingerprint density at radius 2 is 1.41 bits per heavy atom. The topological polar surface area (TPSA) is 119 Å². The van der Waals surface area contributed by atoms with Gasteiger partial charge in [-0.15, -0.1) is 0 Å². The van der Waals surface area contributed by atoms with E-state index in [9.17, 15) is 0 Å². The summed E-state index contributed by atoms with van der Waals surface area (Å²) in [7, 11) is 0. The highest BCUT2D eigenvalue weighted by Gasteiger charge is 2.22. The molecule has 0 unspecified atom stereocenters. The number of hydrogen-bond acceptors (Lipinski definition) is 7. The summed E-state index contributed by atoms with van der Waals surface area (Å²) in [6.45, 7) is 0. The standard InChI is InChI=1S/C8H6N6OS2/c9-7-11-3(1-16-7)5-6(14-15-13-5)4-2-17-8(10)12-4/h1-2H,(H2,9,11)(H2,10,12)/p+2. The molecule has 3 aromatic heterocycles. The van der Waals surface area contributed by atoms with E-state index in [2.05, 4.69) is 20.3 Å². The number of aromatic nitrogens is 4. The van der Waals surface area contributed by atoms with E-state index >= 15 is 0 Å². The molecular formula is C8H8N6OS2+2. The Hall–Kier alpha value is -2.00. The molecule has 0 saturated heterocycles. The summed E-state index contributed by atoms with van der Waals surface area (Å²) >= 11 is 2.78. The summed E-state index contributed by atoms with van der Waals surface area (Å²) in [6, 6.07) is 0. The SMILES string of the molecule is Nc1[nH+]c(-c2nonc2-c2csc(N)[nH+]2)cs1. The van der Waals surface area contributed by atoms with Crippen LogP contribution in [-0.4, -0.2) is 10.3 Å². The van der Waals surface area contributed by atoms with E-state index in [1.54, 1.807) is 0 Å². The molecule has 0 radical (unpaired) electrons. The molecule has 0 aromatic carbocycles. The first-order valence-electron chi connectivity index (χ1n) is 4.60. The lowest BCUT2D eigenvalue weighted by Gasteiger charge is -1.87. The summed E-state index contributed by atoms with van der Waals surface area (Å²) in [5.74, 6) is 0. The minimum atomic E-state index is 0.600. The van der Waals surface area contributed by atoms with Gasteiger partial charge in [0, 0.05) is 10.8 Å². The zero-order valence-electron chi connectivity index (χ0n) is 8.43. The third-order valence-corrected chi connectivity index (χ3v) is 3.54. The van der Waals surface area contributed by atoms with E-state index in [0.29, 0.717) is 21.7 Å². The zero-order chi connectivity index (χ0) is 11.8. The third-order valence-electron chi connectivity index (χ3n) is 2.12. The lowest BCUT2D eigenvalue weighted by Crippen LogP contribution is -2.10. The van der Waals surface area contributed by atoms with E-state index in [4.69, 9.17) is 16.1 Å². The lowest BCUT2D eigenvalue weighted by atomic mass is 10.2. The van der Waals surface area contributed by atoms with Crippen LogP contribution in [-0.2, 0) is 0 Å². The molecule has 86 valence electrons. The molecule has 0 spiro atoms. The average Bonchev–Trinajstić information content (AvgIpc) is 2.96. The van der Waals surface area contributed by atoms with Crippen LogP contribution in [0.4, 0.5) is 10.3 Å². The first-order chi connectivity index (χ1) is 8.24. The van der Waals surface area contributed by atoms with Crippen molar-refractivity contribution in [3.05, 3.63) is 10.8 Å². The van der Waals surface area contributed by atoms with Gasteiger partial charge in [-0.25, -0.2) is 14.6 Å². The molecule has 0 bridgehead atoms. The molecule has 0 fully saturated rings. The lowest BCUT2D eigenvalue weighted by molar-refractivity contribution is -0.343. The normalized spacial score (nSPS) is 10.8. The van der Waals surface area contributed by atoms with Crippen molar-refractivity contribution in [2.24, 2.45) is 0 Å². The van der Waals surface area contributed by atoms with Crippen molar-refractivity contribution in [1.29, 1.82) is 0 Å². The number of aromatic amines is 2. The van der Waals surface area contributed by atoms with Gasteiger partial charge in [-0.05, 0) is 10.3 Å². The van der Waals surface area contributed by atoms with Gasteiger partial charge in [0.15, 0.2) is 22.8 Å². The number of nitrogens with two attached hydrogens (primary N) is 2. The number of nitrogens with zero attached hydrogens (tertiary/aromatic N) is 2. The minimum Gasteiger partial charge on any atom is -0.278 e. The van der Waals surface area contributed by atoms with Gasteiger partial charge in [-0.3, -0.25) is 11.5 Å². The van der Waals surface area contributed by atoms with Gasteiger partial charge in [0.25, 0.3) is 0 Å². The molecular weight excluding hydrogens is 260 g/mol. The summed E-state index contributed by atoms with van der Waals surface area (Å²) in [5.41, 5.74) is 14.0. The Morgan fingerprint density at radius 1 is 0.941 bits per heavy atom. The highest BCUT2D eigenvalue weighted by atomic mass is 32.1. The van der Waals surface area contributed by atoms with Gasteiger partial charge in [0.2, 0.25) is 0 Å². The number of H-pyrrole nitrogens is 2. The van der Waals surface area contributed by atoms with Crippen LogP contribution in [0.1, 0.15) is 0 Å². The third kappa shape index (κ3) is 1.74. The molecule has 0 amide bonds. The van der Waals surface area contributed by atoms with Crippen LogP contribution in [0.2, 0.25) is 0 Å². The van der Waals surface area contributed by atoms with Gasteiger partial charge >= 0.3 is 10.3 Å². The maximum atomic E-state index is 5.64. The van der Waals surface area contributed by atoms with Crippen LogP contribution < -0.4 is 21.4 Å². The molecule has 3 heterocycles. The Labute approximate surface area is 103 Å². The maximum Gasteiger partial charge on any atom is 0.329 e. The summed E-state index contributed by atoms with van der Waals surface area (Å²) in [6.07, 6.45) is 0. The molecule has 0 aliphatic carbocycles. The van der Waals surface area contributed by atoms with Crippen molar-refractivity contribution in [2.45, 2.75) is 0 Å². The van der Waals surface area contributed by atoms with E-state index in [0.717, 1.165) is 11.4 Å². The number of rotatable bonds is 2. The van der Waals surface area contributed by atoms with Crippen molar-refractivity contribution in [2.75, 3.05) is 11.5 Å². The number of thiazole rings is 2. The highest BCUT2D eigenvalue weighted by molar-refractivity contribution is 7.13. The fourth-order valence-corrected chi connectivity index (χ4v) is 2.57. The highest BCUT2D eigenvalue weighted by Crippen LogP contribution is 2.27. The van der Waals surface area contributed by atoms with Crippen LogP contribution >= 0.6 is 22.7 Å². The van der Waals surface area contributed by atoms with E-state index in [1.165, 1.54) is 22.7 Å². The van der Waals surface area contributed by atoms with E-state index < -0.39 is 0 Å². The fourth-order valence-electron chi connectivity index (χ4n) is 1.40. The molecule has 17 heavy (non-hydrogen) atoms. The second kappa shape index (κ2) is 3.79. The number of anilines is 2. The van der Waals surface area contributed by atoms with Crippen molar-refractivity contribution >= 4 is 32.9 Å². The smallest absolute Gasteiger partial charge is 0.278 e. The first-order valence-corrected chi connectivity index (χ1v) is 6.36. The van der Waals surface area contributed by atoms with Crippen LogP contribution in [0.25, 0.3) is 22.8 Å². The predicted octanol–water partition coefficient (Wildman–Crippen LogP) is 0.319. The minimum absolute atomic E-state index is 0.600. The average molecular weight is 268 g/mol. The Balaban J connectivity index is 2.11. The summed E-state index contributed by atoms with van der Waals surface area (Å²) < 4.78 is 4.76. The molecule has 6 N–H and O–H groups in total. The molecule has 0 aliphatic heterocycles. The van der Waals surface area contributed by atoms with Gasteiger partial charge in [-0.1, -0.05) is 22.7 Å². The molecule has 0 atom stereocenters. The van der Waals surface area contributed by atoms with Crippen LogP contribution in [0, 0.1) is 0 Å². The van der Waals surface area contributed by atoms with Gasteiger partial charge in [0.1, 0.15) is 0 Å². The first kappa shape index (κ1) is 10.2. The molecule has 7 nitrogen and oxygen atoms in total.